The van der Waals surface area contributed by atoms with Crippen molar-refractivity contribution in [2.24, 2.45) is 5.92 Å². The number of rotatable bonds is 8. The zero-order valence-electron chi connectivity index (χ0n) is 12.7. The highest BCUT2D eigenvalue weighted by atomic mass is 32.2. The monoisotopic (exact) mass is 298 g/mol. The van der Waals surface area contributed by atoms with Crippen molar-refractivity contribution in [1.82, 2.24) is 10.2 Å². The zero-order valence-corrected chi connectivity index (χ0v) is 13.5. The Kier molecular flexibility index (Phi) is 7.13. The normalized spacial score (nSPS) is 23.1. The molecule has 1 heterocycles. The van der Waals surface area contributed by atoms with Gasteiger partial charge in [-0.05, 0) is 12.3 Å². The fourth-order valence-corrected chi connectivity index (χ4v) is 3.18. The summed E-state index contributed by atoms with van der Waals surface area (Å²) in [4.78, 5) is 26.5. The van der Waals surface area contributed by atoms with Crippen LogP contribution in [0.4, 0.5) is 0 Å². The van der Waals surface area contributed by atoms with Gasteiger partial charge in [-0.25, -0.2) is 0 Å². The highest BCUT2D eigenvalue weighted by Gasteiger charge is 2.40. The molecule has 0 aromatic carbocycles. The zero-order chi connectivity index (χ0) is 15.1. The molecule has 20 heavy (non-hydrogen) atoms. The van der Waals surface area contributed by atoms with Gasteiger partial charge in [-0.15, -0.1) is 6.58 Å². The van der Waals surface area contributed by atoms with Crippen LogP contribution >= 0.6 is 11.8 Å². The molecule has 1 rings (SSSR count). The number of hydrogen-bond donors (Lipinski definition) is 1. The van der Waals surface area contributed by atoms with Crippen LogP contribution in [-0.2, 0) is 9.59 Å². The average molecular weight is 298 g/mol. The third-order valence-electron chi connectivity index (χ3n) is 3.42. The van der Waals surface area contributed by atoms with E-state index in [1.54, 1.807) is 16.7 Å². The molecule has 0 radical (unpaired) electrons. The first-order chi connectivity index (χ1) is 9.52. The predicted molar refractivity (Wildman–Crippen MR) is 84.7 cm³/mol. The minimum Gasteiger partial charge on any atom is -0.342 e. The lowest BCUT2D eigenvalue weighted by molar-refractivity contribution is -0.151. The minimum atomic E-state index is -0.341. The maximum Gasteiger partial charge on any atom is 0.245 e. The first-order valence-electron chi connectivity index (χ1n) is 7.32. The summed E-state index contributed by atoms with van der Waals surface area (Å²) < 4.78 is 0. The molecule has 114 valence electrons. The lowest BCUT2D eigenvalue weighted by Gasteiger charge is -2.40. The molecule has 0 spiro atoms. The smallest absolute Gasteiger partial charge is 0.245 e. The van der Waals surface area contributed by atoms with Gasteiger partial charge < -0.3 is 10.2 Å². The fourth-order valence-electron chi connectivity index (χ4n) is 2.52. The van der Waals surface area contributed by atoms with Crippen LogP contribution in [0.3, 0.4) is 0 Å². The largest absolute Gasteiger partial charge is 0.342 e. The molecule has 0 aromatic heterocycles. The summed E-state index contributed by atoms with van der Waals surface area (Å²) in [6, 6.07) is -0.674. The number of carbonyl (C=O) groups is 2. The number of hydrogen-bond acceptors (Lipinski definition) is 3. The van der Waals surface area contributed by atoms with Crippen LogP contribution in [0.15, 0.2) is 12.7 Å². The third kappa shape index (κ3) is 4.27. The van der Waals surface area contributed by atoms with Gasteiger partial charge in [0.05, 0.1) is 0 Å². The Hall–Kier alpha value is -0.970. The summed E-state index contributed by atoms with van der Waals surface area (Å²) in [6.07, 6.45) is 3.46. The summed E-state index contributed by atoms with van der Waals surface area (Å²) in [6.45, 7) is 10.3. The van der Waals surface area contributed by atoms with E-state index in [4.69, 9.17) is 0 Å². The van der Waals surface area contributed by atoms with Gasteiger partial charge in [-0.1, -0.05) is 33.3 Å². The maximum atomic E-state index is 12.5. The van der Waals surface area contributed by atoms with Crippen molar-refractivity contribution in [1.29, 1.82) is 0 Å². The molecule has 2 unspecified atom stereocenters. The predicted octanol–water partition coefficient (Wildman–Crippen LogP) is 2.06. The molecule has 1 aliphatic heterocycles. The topological polar surface area (TPSA) is 49.4 Å². The Morgan fingerprint density at radius 2 is 2.15 bits per heavy atom. The summed E-state index contributed by atoms with van der Waals surface area (Å²) in [7, 11) is 0. The molecule has 1 fully saturated rings. The minimum absolute atomic E-state index is 0.00762. The van der Waals surface area contributed by atoms with E-state index in [9.17, 15) is 9.59 Å². The van der Waals surface area contributed by atoms with Crippen molar-refractivity contribution in [2.45, 2.75) is 45.7 Å². The van der Waals surface area contributed by atoms with Crippen molar-refractivity contribution >= 4 is 23.6 Å². The van der Waals surface area contributed by atoms with Crippen LogP contribution in [0.1, 0.15) is 33.6 Å². The summed E-state index contributed by atoms with van der Waals surface area (Å²) in [5.74, 6) is 1.91. The van der Waals surface area contributed by atoms with Gasteiger partial charge in [0.15, 0.2) is 0 Å². The number of nitrogens with zero attached hydrogens (tertiary/aromatic N) is 1. The van der Waals surface area contributed by atoms with E-state index in [0.29, 0.717) is 13.0 Å². The van der Waals surface area contributed by atoms with E-state index in [1.807, 2.05) is 26.8 Å². The molecule has 0 aromatic rings. The third-order valence-corrected chi connectivity index (χ3v) is 4.37. The van der Waals surface area contributed by atoms with Crippen molar-refractivity contribution < 1.29 is 9.59 Å². The van der Waals surface area contributed by atoms with Crippen LogP contribution in [-0.4, -0.2) is 46.8 Å². The molecule has 0 saturated carbocycles. The lowest BCUT2D eigenvalue weighted by Crippen LogP contribution is -2.65. The van der Waals surface area contributed by atoms with E-state index >= 15 is 0 Å². The molecule has 5 heteroatoms. The molecule has 1 aliphatic rings. The van der Waals surface area contributed by atoms with Gasteiger partial charge in [-0.3, -0.25) is 9.59 Å². The molecule has 2 amide bonds. The van der Waals surface area contributed by atoms with Gasteiger partial charge in [0.2, 0.25) is 11.8 Å². The Balaban J connectivity index is 2.76. The number of thioether (sulfide) groups is 1. The SMILES string of the molecule is C=CCSCCN1C(=O)C(CCC)NC(=O)C1C(C)C. The second kappa shape index (κ2) is 8.35. The van der Waals surface area contributed by atoms with Crippen LogP contribution < -0.4 is 5.32 Å². The first kappa shape index (κ1) is 17.1. The molecule has 4 nitrogen and oxygen atoms in total. The number of piperazine rings is 1. The Bertz CT molecular complexity index is 358. The van der Waals surface area contributed by atoms with Crippen LogP contribution in [0.25, 0.3) is 0 Å². The summed E-state index contributed by atoms with van der Waals surface area (Å²) in [5.41, 5.74) is 0. The number of amides is 2. The molecule has 0 bridgehead atoms. The average Bonchev–Trinajstić information content (AvgIpc) is 2.39. The van der Waals surface area contributed by atoms with E-state index in [1.165, 1.54) is 0 Å². The Morgan fingerprint density at radius 3 is 2.70 bits per heavy atom. The van der Waals surface area contributed by atoms with Crippen molar-refractivity contribution in [3.05, 3.63) is 12.7 Å². The van der Waals surface area contributed by atoms with Crippen LogP contribution in [0, 0.1) is 5.92 Å². The van der Waals surface area contributed by atoms with Gasteiger partial charge in [0.25, 0.3) is 0 Å². The highest BCUT2D eigenvalue weighted by molar-refractivity contribution is 7.99. The Morgan fingerprint density at radius 1 is 1.45 bits per heavy atom. The van der Waals surface area contributed by atoms with Gasteiger partial charge in [0, 0.05) is 18.1 Å². The highest BCUT2D eigenvalue weighted by Crippen LogP contribution is 2.20. The molecular weight excluding hydrogens is 272 g/mol. The van der Waals surface area contributed by atoms with Gasteiger partial charge >= 0.3 is 0 Å². The van der Waals surface area contributed by atoms with Gasteiger partial charge in [-0.2, -0.15) is 11.8 Å². The van der Waals surface area contributed by atoms with Crippen LogP contribution in [0.5, 0.6) is 0 Å². The molecular formula is C15H26N2O2S. The standard InChI is InChI=1S/C15H26N2O2S/c1-5-7-12-15(19)17(8-10-20-9-6-2)13(11(3)4)14(18)16-12/h6,11-13H,2,5,7-10H2,1,3-4H3,(H,16,18). The van der Waals surface area contributed by atoms with E-state index in [0.717, 1.165) is 17.9 Å². The summed E-state index contributed by atoms with van der Waals surface area (Å²) >= 11 is 1.73. The van der Waals surface area contributed by atoms with E-state index in [2.05, 4.69) is 11.9 Å². The van der Waals surface area contributed by atoms with Crippen LogP contribution in [0.2, 0.25) is 0 Å². The van der Waals surface area contributed by atoms with E-state index in [-0.39, 0.29) is 29.8 Å². The number of carbonyl (C=O) groups excluding carboxylic acids is 2. The second-order valence-corrected chi connectivity index (χ2v) is 6.58. The van der Waals surface area contributed by atoms with Gasteiger partial charge in [0.1, 0.15) is 12.1 Å². The Labute approximate surface area is 126 Å². The second-order valence-electron chi connectivity index (χ2n) is 5.43. The van der Waals surface area contributed by atoms with Crippen molar-refractivity contribution in [3.8, 4) is 0 Å². The quantitative estimate of drug-likeness (QED) is 0.551. The van der Waals surface area contributed by atoms with Crippen molar-refractivity contribution in [3.63, 3.8) is 0 Å². The van der Waals surface area contributed by atoms with E-state index < -0.39 is 0 Å². The molecule has 1 saturated heterocycles. The lowest BCUT2D eigenvalue weighted by atomic mass is 9.96. The summed E-state index contributed by atoms with van der Waals surface area (Å²) in [5, 5.41) is 2.88. The fraction of sp³-hybridized carbons (Fsp3) is 0.733. The maximum absolute atomic E-state index is 12.5. The van der Waals surface area contributed by atoms with Crippen molar-refractivity contribution in [2.75, 3.05) is 18.1 Å². The first-order valence-corrected chi connectivity index (χ1v) is 8.47. The molecule has 1 N–H and O–H groups in total. The molecule has 2 atom stereocenters. The number of nitrogens with one attached hydrogen (secondary N) is 1. The molecule has 0 aliphatic carbocycles.